The Bertz CT molecular complexity index is 511. The summed E-state index contributed by atoms with van der Waals surface area (Å²) in [6.07, 6.45) is -0.102. The first-order chi connectivity index (χ1) is 9.48. The highest BCUT2D eigenvalue weighted by molar-refractivity contribution is 7.86. The van der Waals surface area contributed by atoms with Gasteiger partial charge in [0.25, 0.3) is 10.2 Å². The molecule has 1 aliphatic rings. The molecule has 1 saturated heterocycles. The molecule has 1 heterocycles. The average molecular weight is 321 g/mol. The first-order valence-corrected chi connectivity index (χ1v) is 8.28. The summed E-state index contributed by atoms with van der Waals surface area (Å²) >= 11 is 0. The molecule has 21 heavy (non-hydrogen) atoms. The number of nitrogens with zero attached hydrogens (tertiary/aromatic N) is 2. The number of hydrogen-bond acceptors (Lipinski definition) is 4. The lowest BCUT2D eigenvalue weighted by atomic mass is 9.76. The van der Waals surface area contributed by atoms with E-state index in [0.29, 0.717) is 0 Å². The summed E-state index contributed by atoms with van der Waals surface area (Å²) in [5.74, 6) is -1.47. The van der Waals surface area contributed by atoms with Crippen LogP contribution in [-0.2, 0) is 19.8 Å². The minimum Gasteiger partial charge on any atom is -0.481 e. The normalized spacial score (nSPS) is 20.3. The van der Waals surface area contributed by atoms with Crippen LogP contribution in [0.4, 0.5) is 0 Å². The van der Waals surface area contributed by atoms with Crippen molar-refractivity contribution in [2.75, 3.05) is 26.2 Å². The summed E-state index contributed by atoms with van der Waals surface area (Å²) in [7, 11) is -3.74. The standard InChI is InChI=1S/C12H23N3O5S/c1-9(2)12(3,11(17)18)8-10(16)14-4-6-15(7-5-14)21(13,19)20/h9H,4-8H2,1-3H3,(H,17,18)(H2,13,19,20). The van der Waals surface area contributed by atoms with Crippen molar-refractivity contribution >= 4 is 22.1 Å². The summed E-state index contributed by atoms with van der Waals surface area (Å²) < 4.78 is 23.5. The van der Waals surface area contributed by atoms with Gasteiger partial charge in [-0.15, -0.1) is 0 Å². The number of carboxylic acids is 1. The number of carbonyl (C=O) groups excluding carboxylic acids is 1. The van der Waals surface area contributed by atoms with Crippen molar-refractivity contribution in [2.45, 2.75) is 27.2 Å². The lowest BCUT2D eigenvalue weighted by Crippen LogP contribution is -2.53. The quantitative estimate of drug-likeness (QED) is 0.705. The molecule has 0 saturated carbocycles. The van der Waals surface area contributed by atoms with Crippen LogP contribution in [0.1, 0.15) is 27.2 Å². The van der Waals surface area contributed by atoms with Gasteiger partial charge < -0.3 is 10.0 Å². The largest absolute Gasteiger partial charge is 0.481 e. The van der Waals surface area contributed by atoms with E-state index in [1.54, 1.807) is 20.8 Å². The molecule has 0 bridgehead atoms. The van der Waals surface area contributed by atoms with Crippen molar-refractivity contribution in [3.63, 3.8) is 0 Å². The van der Waals surface area contributed by atoms with Gasteiger partial charge in [0.1, 0.15) is 0 Å². The van der Waals surface area contributed by atoms with E-state index in [1.807, 2.05) is 0 Å². The van der Waals surface area contributed by atoms with Crippen molar-refractivity contribution in [3.8, 4) is 0 Å². The highest BCUT2D eigenvalue weighted by Crippen LogP contribution is 2.32. The molecule has 0 aromatic carbocycles. The Kier molecular flexibility index (Phi) is 5.35. The van der Waals surface area contributed by atoms with Crippen LogP contribution < -0.4 is 5.14 Å². The zero-order valence-corrected chi connectivity index (χ0v) is 13.4. The predicted molar refractivity (Wildman–Crippen MR) is 76.5 cm³/mol. The highest BCUT2D eigenvalue weighted by Gasteiger charge is 2.40. The molecule has 1 atom stereocenters. The molecule has 1 rings (SSSR count). The second-order valence-electron chi connectivity index (χ2n) is 5.88. The summed E-state index contributed by atoms with van der Waals surface area (Å²) in [6, 6.07) is 0. The maximum atomic E-state index is 12.2. The predicted octanol–water partition coefficient (Wildman–Crippen LogP) is -0.529. The van der Waals surface area contributed by atoms with E-state index in [9.17, 15) is 23.1 Å². The molecule has 0 radical (unpaired) electrons. The second-order valence-corrected chi connectivity index (χ2v) is 7.43. The van der Waals surface area contributed by atoms with Gasteiger partial charge >= 0.3 is 5.97 Å². The van der Waals surface area contributed by atoms with Crippen molar-refractivity contribution in [2.24, 2.45) is 16.5 Å². The summed E-state index contributed by atoms with van der Waals surface area (Å²) in [4.78, 5) is 25.1. The Morgan fingerprint density at radius 1 is 1.24 bits per heavy atom. The number of carbonyl (C=O) groups is 2. The smallest absolute Gasteiger partial charge is 0.310 e. The Morgan fingerprint density at radius 3 is 2.05 bits per heavy atom. The molecule has 3 N–H and O–H groups in total. The lowest BCUT2D eigenvalue weighted by molar-refractivity contribution is -0.155. The van der Waals surface area contributed by atoms with Crippen molar-refractivity contribution in [1.29, 1.82) is 0 Å². The van der Waals surface area contributed by atoms with Crippen LogP contribution in [-0.4, -0.2) is 60.8 Å². The summed E-state index contributed by atoms with van der Waals surface area (Å²) in [6.45, 7) is 5.80. The van der Waals surface area contributed by atoms with Gasteiger partial charge in [-0.2, -0.15) is 12.7 Å². The first kappa shape index (κ1) is 17.9. The first-order valence-electron chi connectivity index (χ1n) is 6.77. The van der Waals surface area contributed by atoms with Gasteiger partial charge in [0.05, 0.1) is 5.41 Å². The highest BCUT2D eigenvalue weighted by atomic mass is 32.2. The average Bonchev–Trinajstić information content (AvgIpc) is 2.37. The number of nitrogens with two attached hydrogens (primary N) is 1. The molecule has 8 nitrogen and oxygen atoms in total. The van der Waals surface area contributed by atoms with E-state index in [0.717, 1.165) is 4.31 Å². The minimum absolute atomic E-state index is 0.102. The Morgan fingerprint density at radius 2 is 1.71 bits per heavy atom. The molecule has 1 unspecified atom stereocenters. The van der Waals surface area contributed by atoms with Gasteiger partial charge in [-0.3, -0.25) is 9.59 Å². The molecule has 122 valence electrons. The van der Waals surface area contributed by atoms with Crippen LogP contribution >= 0.6 is 0 Å². The number of aliphatic carboxylic acids is 1. The molecular formula is C12H23N3O5S. The number of carboxylic acid groups (broad SMARTS) is 1. The van der Waals surface area contributed by atoms with Gasteiger partial charge in [0.15, 0.2) is 0 Å². The molecule has 1 fully saturated rings. The van der Waals surface area contributed by atoms with E-state index >= 15 is 0 Å². The van der Waals surface area contributed by atoms with Crippen molar-refractivity contribution < 1.29 is 23.1 Å². The van der Waals surface area contributed by atoms with Gasteiger partial charge in [-0.1, -0.05) is 13.8 Å². The summed E-state index contributed by atoms with van der Waals surface area (Å²) in [5, 5.41) is 14.4. The van der Waals surface area contributed by atoms with Gasteiger partial charge in [0, 0.05) is 32.6 Å². The topological polar surface area (TPSA) is 121 Å². The van der Waals surface area contributed by atoms with E-state index in [-0.39, 0.29) is 44.4 Å². The molecule has 0 spiro atoms. The Balaban J connectivity index is 2.68. The third-order valence-electron chi connectivity index (χ3n) is 4.23. The fraction of sp³-hybridized carbons (Fsp3) is 0.833. The zero-order valence-electron chi connectivity index (χ0n) is 12.6. The van der Waals surface area contributed by atoms with Crippen LogP contribution in [0.2, 0.25) is 0 Å². The maximum absolute atomic E-state index is 12.2. The molecule has 1 amide bonds. The van der Waals surface area contributed by atoms with Crippen LogP contribution in [0.15, 0.2) is 0 Å². The fourth-order valence-electron chi connectivity index (χ4n) is 2.14. The Labute approximate surface area is 125 Å². The van der Waals surface area contributed by atoms with Crippen molar-refractivity contribution in [1.82, 2.24) is 9.21 Å². The van der Waals surface area contributed by atoms with Gasteiger partial charge in [0.2, 0.25) is 5.91 Å². The third-order valence-corrected chi connectivity index (χ3v) is 5.32. The fourth-order valence-corrected chi connectivity index (χ4v) is 2.82. The number of rotatable bonds is 5. The second kappa shape index (κ2) is 6.29. The van der Waals surface area contributed by atoms with Gasteiger partial charge in [-0.05, 0) is 12.8 Å². The summed E-state index contributed by atoms with van der Waals surface area (Å²) in [5.41, 5.74) is -1.13. The Hall–Kier alpha value is -1.19. The van der Waals surface area contributed by atoms with Crippen LogP contribution in [0, 0.1) is 11.3 Å². The molecule has 0 aromatic rings. The van der Waals surface area contributed by atoms with Crippen LogP contribution in [0.5, 0.6) is 0 Å². The molecule has 1 aliphatic heterocycles. The number of piperazine rings is 1. The third kappa shape index (κ3) is 4.14. The molecule has 9 heteroatoms. The maximum Gasteiger partial charge on any atom is 0.310 e. The molecular weight excluding hydrogens is 298 g/mol. The monoisotopic (exact) mass is 321 g/mol. The number of hydrogen-bond donors (Lipinski definition) is 2. The van der Waals surface area contributed by atoms with Crippen LogP contribution in [0.25, 0.3) is 0 Å². The van der Waals surface area contributed by atoms with E-state index in [1.165, 1.54) is 4.90 Å². The molecule has 0 aliphatic carbocycles. The van der Waals surface area contributed by atoms with E-state index in [2.05, 4.69) is 0 Å². The minimum atomic E-state index is -3.74. The zero-order chi connectivity index (χ0) is 16.4. The lowest BCUT2D eigenvalue weighted by Gasteiger charge is -2.36. The molecule has 0 aromatic heterocycles. The van der Waals surface area contributed by atoms with Crippen molar-refractivity contribution in [3.05, 3.63) is 0 Å². The van der Waals surface area contributed by atoms with Crippen LogP contribution in [0.3, 0.4) is 0 Å². The van der Waals surface area contributed by atoms with E-state index in [4.69, 9.17) is 5.14 Å². The number of amides is 1. The SMILES string of the molecule is CC(C)C(C)(CC(=O)N1CCN(S(N)(=O)=O)CC1)C(=O)O. The van der Waals surface area contributed by atoms with Gasteiger partial charge in [-0.25, -0.2) is 5.14 Å². The van der Waals surface area contributed by atoms with E-state index < -0.39 is 21.6 Å².